The third kappa shape index (κ3) is 19.8. The molecule has 0 aromatic heterocycles. The van der Waals surface area contributed by atoms with Gasteiger partial charge in [-0.1, -0.05) is 51.4 Å². The molecule has 0 atom stereocenters. The lowest BCUT2D eigenvalue weighted by molar-refractivity contribution is 0.337. The molecule has 21 heavy (non-hydrogen) atoms. The largest absolute Gasteiger partial charge is 0.326 e. The third-order valence-electron chi connectivity index (χ3n) is 3.53. The molecule has 0 unspecified atom stereocenters. The van der Waals surface area contributed by atoms with E-state index < -0.39 is 0 Å². The van der Waals surface area contributed by atoms with Gasteiger partial charge in [-0.3, -0.25) is 5.43 Å². The Hall–Kier alpha value is -0.160. The molecule has 0 aliphatic rings. The molecule has 4 nitrogen and oxygen atoms in total. The van der Waals surface area contributed by atoms with Crippen molar-refractivity contribution in [1.29, 1.82) is 0 Å². The Balaban J connectivity index is 3.10. The van der Waals surface area contributed by atoms with Crippen molar-refractivity contribution in [2.24, 2.45) is 11.5 Å². The van der Waals surface area contributed by atoms with Gasteiger partial charge in [0.05, 0.1) is 5.66 Å². The molecule has 0 amide bonds. The molecule has 0 aromatic carbocycles. The van der Waals surface area contributed by atoms with E-state index in [2.05, 4.69) is 24.7 Å². The van der Waals surface area contributed by atoms with Gasteiger partial charge in [0.2, 0.25) is 0 Å². The fourth-order valence-corrected chi connectivity index (χ4v) is 2.32. The van der Waals surface area contributed by atoms with Crippen LogP contribution in [-0.4, -0.2) is 17.7 Å². The first kappa shape index (κ1) is 20.8. The zero-order valence-corrected chi connectivity index (χ0v) is 14.9. The zero-order chi connectivity index (χ0) is 16.2. The summed E-state index contributed by atoms with van der Waals surface area (Å²) in [5, 5.41) is 0. The summed E-state index contributed by atoms with van der Waals surface area (Å²) in [5.41, 5.74) is 17.7. The van der Waals surface area contributed by atoms with Crippen molar-refractivity contribution in [2.45, 2.75) is 103 Å². The molecule has 0 rings (SSSR count). The molecule has 0 heterocycles. The Morgan fingerprint density at radius 1 is 0.667 bits per heavy atom. The lowest BCUT2D eigenvalue weighted by Crippen LogP contribution is -2.54. The standard InChI is InChI=1S/C17H40N4/c1-16(2,18)14-12-10-8-6-5-7-9-11-13-15-20-21-17(3,4)19/h20-21H,5-15,18-19H2,1-4H3. The molecule has 0 saturated carbocycles. The molecule has 6 N–H and O–H groups in total. The molecule has 0 radical (unpaired) electrons. The first-order chi connectivity index (χ1) is 9.71. The van der Waals surface area contributed by atoms with Crippen LogP contribution in [0.5, 0.6) is 0 Å². The van der Waals surface area contributed by atoms with E-state index >= 15 is 0 Å². The average molecular weight is 301 g/mol. The van der Waals surface area contributed by atoms with Gasteiger partial charge >= 0.3 is 0 Å². The van der Waals surface area contributed by atoms with Gasteiger partial charge < -0.3 is 11.5 Å². The number of nitrogens with one attached hydrogen (secondary N) is 2. The summed E-state index contributed by atoms with van der Waals surface area (Å²) < 4.78 is 0. The van der Waals surface area contributed by atoms with Gasteiger partial charge in [-0.15, -0.1) is 0 Å². The fourth-order valence-electron chi connectivity index (χ4n) is 2.32. The van der Waals surface area contributed by atoms with Crippen LogP contribution in [0.4, 0.5) is 0 Å². The summed E-state index contributed by atoms with van der Waals surface area (Å²) in [6.07, 6.45) is 13.1. The van der Waals surface area contributed by atoms with E-state index in [0.717, 1.165) is 13.0 Å². The molecule has 0 aromatic rings. The first-order valence-corrected chi connectivity index (χ1v) is 8.78. The Labute approximate surface area is 132 Å². The highest BCUT2D eigenvalue weighted by molar-refractivity contribution is 4.70. The van der Waals surface area contributed by atoms with Crippen molar-refractivity contribution in [3.63, 3.8) is 0 Å². The number of hydrogen-bond donors (Lipinski definition) is 4. The molecule has 0 bridgehead atoms. The minimum atomic E-state index is -0.334. The Kier molecular flexibility index (Phi) is 11.3. The maximum atomic E-state index is 5.97. The SMILES string of the molecule is CC(C)(N)CCCCCCCCCCCNNC(C)(C)N. The van der Waals surface area contributed by atoms with E-state index in [-0.39, 0.29) is 11.2 Å². The third-order valence-corrected chi connectivity index (χ3v) is 3.53. The molecule has 0 fully saturated rings. The van der Waals surface area contributed by atoms with Crippen molar-refractivity contribution in [3.05, 3.63) is 0 Å². The molecule has 0 saturated heterocycles. The number of hydrogen-bond acceptors (Lipinski definition) is 4. The predicted octanol–water partition coefficient (Wildman–Crippen LogP) is 3.41. The second-order valence-corrected chi connectivity index (χ2v) is 7.69. The number of hydrazine groups is 1. The minimum absolute atomic E-state index is 0.0159. The average Bonchev–Trinajstić information content (AvgIpc) is 2.32. The second kappa shape index (κ2) is 11.4. The minimum Gasteiger partial charge on any atom is -0.326 e. The van der Waals surface area contributed by atoms with Gasteiger partial charge in [0, 0.05) is 12.1 Å². The lowest BCUT2D eigenvalue weighted by atomic mass is 9.97. The predicted molar refractivity (Wildman–Crippen MR) is 93.8 cm³/mol. The number of rotatable bonds is 14. The molecule has 4 heteroatoms. The maximum Gasteiger partial charge on any atom is 0.0735 e. The van der Waals surface area contributed by atoms with E-state index in [9.17, 15) is 0 Å². The van der Waals surface area contributed by atoms with Crippen molar-refractivity contribution < 1.29 is 0 Å². The van der Waals surface area contributed by atoms with Crippen molar-refractivity contribution >= 4 is 0 Å². The fraction of sp³-hybridized carbons (Fsp3) is 1.00. The van der Waals surface area contributed by atoms with Crippen LogP contribution in [0.15, 0.2) is 0 Å². The van der Waals surface area contributed by atoms with E-state index in [0.29, 0.717) is 0 Å². The Bertz CT molecular complexity index is 204. The summed E-state index contributed by atoms with van der Waals surface area (Å²) in [6.45, 7) is 9.14. The van der Waals surface area contributed by atoms with E-state index in [1.807, 2.05) is 13.8 Å². The molecule has 0 aliphatic carbocycles. The molecular weight excluding hydrogens is 260 g/mol. The molecule has 128 valence electrons. The van der Waals surface area contributed by atoms with Crippen molar-refractivity contribution in [1.82, 2.24) is 10.9 Å². The zero-order valence-electron chi connectivity index (χ0n) is 14.9. The lowest BCUT2D eigenvalue weighted by Gasteiger charge is -2.21. The highest BCUT2D eigenvalue weighted by Crippen LogP contribution is 2.14. The van der Waals surface area contributed by atoms with E-state index in [4.69, 9.17) is 11.5 Å². The van der Waals surface area contributed by atoms with Gasteiger partial charge in [0.25, 0.3) is 0 Å². The second-order valence-electron chi connectivity index (χ2n) is 7.69. The van der Waals surface area contributed by atoms with Crippen LogP contribution >= 0.6 is 0 Å². The van der Waals surface area contributed by atoms with Gasteiger partial charge in [-0.2, -0.15) is 0 Å². The number of nitrogens with two attached hydrogens (primary N) is 2. The van der Waals surface area contributed by atoms with Crippen LogP contribution in [0.25, 0.3) is 0 Å². The summed E-state index contributed by atoms with van der Waals surface area (Å²) in [7, 11) is 0. The summed E-state index contributed by atoms with van der Waals surface area (Å²) in [6, 6.07) is 0. The maximum absolute atomic E-state index is 5.97. The van der Waals surface area contributed by atoms with Crippen LogP contribution in [0.2, 0.25) is 0 Å². The monoisotopic (exact) mass is 300 g/mol. The van der Waals surface area contributed by atoms with Crippen LogP contribution in [-0.2, 0) is 0 Å². The van der Waals surface area contributed by atoms with Crippen molar-refractivity contribution in [2.75, 3.05) is 6.54 Å². The quantitative estimate of drug-likeness (QED) is 0.225. The van der Waals surface area contributed by atoms with Gasteiger partial charge in [0.1, 0.15) is 0 Å². The van der Waals surface area contributed by atoms with E-state index in [1.165, 1.54) is 57.8 Å². The van der Waals surface area contributed by atoms with Crippen LogP contribution in [0.1, 0.15) is 91.9 Å². The van der Waals surface area contributed by atoms with Crippen molar-refractivity contribution in [3.8, 4) is 0 Å². The van der Waals surface area contributed by atoms with Crippen LogP contribution < -0.4 is 22.3 Å². The molecular formula is C17H40N4. The van der Waals surface area contributed by atoms with Crippen LogP contribution in [0, 0.1) is 0 Å². The Morgan fingerprint density at radius 2 is 1.10 bits per heavy atom. The summed E-state index contributed by atoms with van der Waals surface area (Å²) >= 11 is 0. The summed E-state index contributed by atoms with van der Waals surface area (Å²) in [4.78, 5) is 0. The highest BCUT2D eigenvalue weighted by atomic mass is 15.4. The smallest absolute Gasteiger partial charge is 0.0735 e. The first-order valence-electron chi connectivity index (χ1n) is 8.78. The van der Waals surface area contributed by atoms with E-state index in [1.54, 1.807) is 0 Å². The van der Waals surface area contributed by atoms with Gasteiger partial charge in [0.15, 0.2) is 0 Å². The normalized spacial score (nSPS) is 12.9. The topological polar surface area (TPSA) is 76.1 Å². The highest BCUT2D eigenvalue weighted by Gasteiger charge is 2.09. The van der Waals surface area contributed by atoms with Crippen LogP contribution in [0.3, 0.4) is 0 Å². The Morgan fingerprint density at radius 3 is 1.52 bits per heavy atom. The number of unbranched alkanes of at least 4 members (excludes halogenated alkanes) is 8. The molecule has 0 spiro atoms. The van der Waals surface area contributed by atoms with Gasteiger partial charge in [-0.05, 0) is 40.5 Å². The molecule has 0 aliphatic heterocycles. The van der Waals surface area contributed by atoms with Gasteiger partial charge in [-0.25, -0.2) is 5.43 Å². The summed E-state index contributed by atoms with van der Waals surface area (Å²) in [5.74, 6) is 0.